The van der Waals surface area contributed by atoms with Crippen LogP contribution in [0.1, 0.15) is 0 Å². The Hall–Kier alpha value is -1.05. The maximum atomic E-state index is 11.6. The number of carboxylic acids is 1. The van der Waals surface area contributed by atoms with E-state index in [1.54, 1.807) is 0 Å². The van der Waals surface area contributed by atoms with Crippen LogP contribution in [-0.4, -0.2) is 45.8 Å². The zero-order valence-corrected chi connectivity index (χ0v) is 8.78. The van der Waals surface area contributed by atoms with E-state index in [2.05, 4.69) is 0 Å². The summed E-state index contributed by atoms with van der Waals surface area (Å²) >= 11 is 1.38. The summed E-state index contributed by atoms with van der Waals surface area (Å²) in [5.74, 6) is -1.11. The molecule has 0 aliphatic carbocycles. The lowest BCUT2D eigenvalue weighted by Gasteiger charge is -2.53. The number of rotatable bonds is 2. The second-order valence-electron chi connectivity index (χ2n) is 3.25. The van der Waals surface area contributed by atoms with E-state index in [1.807, 2.05) is 0 Å². The van der Waals surface area contributed by atoms with E-state index in [1.165, 1.54) is 29.8 Å². The second-order valence-corrected chi connectivity index (χ2v) is 4.37. The number of hydrogen-bond donors (Lipinski definition) is 2. The number of hydrogen-bond acceptors (Lipinski definition) is 5. The Kier molecular flexibility index (Phi) is 2.25. The van der Waals surface area contributed by atoms with Crippen LogP contribution in [-0.2, 0) is 14.3 Å². The van der Waals surface area contributed by atoms with E-state index in [9.17, 15) is 9.59 Å². The number of nitrogens with zero attached hydrogens (tertiary/aromatic N) is 1. The van der Waals surface area contributed by atoms with Gasteiger partial charge in [0.15, 0.2) is 0 Å². The van der Waals surface area contributed by atoms with E-state index in [-0.39, 0.29) is 5.70 Å². The molecule has 0 aromatic heterocycles. The topological polar surface area (TPSA) is 92.9 Å². The number of amides is 1. The fourth-order valence-corrected chi connectivity index (χ4v) is 2.89. The van der Waals surface area contributed by atoms with E-state index in [0.717, 1.165) is 0 Å². The quantitative estimate of drug-likeness (QED) is 0.475. The molecule has 0 saturated carbocycles. The van der Waals surface area contributed by atoms with Crippen LogP contribution < -0.4 is 5.73 Å². The number of aliphatic carboxylic acids is 1. The smallest absolute Gasteiger partial charge is 0.352 e. The second kappa shape index (κ2) is 3.22. The number of nitrogens with two attached hydrogens (primary N) is 1. The minimum Gasteiger partial charge on any atom is -0.477 e. The Morgan fingerprint density at radius 1 is 1.87 bits per heavy atom. The Bertz CT molecular complexity index is 370. The van der Waals surface area contributed by atoms with Gasteiger partial charge in [0.25, 0.3) is 5.91 Å². The molecule has 1 fully saturated rings. The summed E-state index contributed by atoms with van der Waals surface area (Å²) in [5.41, 5.74) is 4.32. The molecule has 2 aliphatic rings. The van der Waals surface area contributed by atoms with Crippen molar-refractivity contribution in [1.29, 1.82) is 0 Å². The summed E-state index contributed by atoms with van der Waals surface area (Å²) < 4.78 is 4.93. The molecule has 7 heteroatoms. The molecule has 0 bridgehead atoms. The van der Waals surface area contributed by atoms with Gasteiger partial charge in [0.05, 0.1) is 0 Å². The zero-order valence-electron chi connectivity index (χ0n) is 7.97. The van der Waals surface area contributed by atoms with Crippen LogP contribution in [0.2, 0.25) is 0 Å². The fourth-order valence-electron chi connectivity index (χ4n) is 1.66. The van der Waals surface area contributed by atoms with Gasteiger partial charge in [-0.2, -0.15) is 0 Å². The summed E-state index contributed by atoms with van der Waals surface area (Å²) in [7, 11) is 1.34. The van der Waals surface area contributed by atoms with Gasteiger partial charge in [0.1, 0.15) is 11.1 Å². The summed E-state index contributed by atoms with van der Waals surface area (Å²) in [6.07, 6.45) is 1.50. The third-order valence-corrected chi connectivity index (χ3v) is 3.74. The van der Waals surface area contributed by atoms with Gasteiger partial charge < -0.3 is 9.84 Å². The number of methoxy groups -OCH3 is 1. The number of carbonyl (C=O) groups excluding carboxylic acids is 1. The number of ether oxygens (including phenoxy) is 1. The number of carboxylic acid groups (broad SMARTS) is 1. The molecular weight excluding hydrogens is 220 g/mol. The third-order valence-electron chi connectivity index (χ3n) is 2.50. The van der Waals surface area contributed by atoms with Gasteiger partial charge in [0.2, 0.25) is 5.72 Å². The number of β-lactam (4-membered cyclic amide) rings is 1. The molecule has 15 heavy (non-hydrogen) atoms. The summed E-state index contributed by atoms with van der Waals surface area (Å²) in [5, 5.41) is 8.43. The van der Waals surface area contributed by atoms with Gasteiger partial charge in [-0.25, -0.2) is 4.79 Å². The van der Waals surface area contributed by atoms with Crippen molar-refractivity contribution in [3.63, 3.8) is 0 Å². The average Bonchev–Trinajstić information content (AvgIpc) is 2.26. The molecule has 2 aliphatic heterocycles. The first kappa shape index (κ1) is 10.5. The molecule has 0 radical (unpaired) electrons. The maximum Gasteiger partial charge on any atom is 0.352 e. The maximum absolute atomic E-state index is 11.6. The van der Waals surface area contributed by atoms with E-state index >= 15 is 0 Å². The van der Waals surface area contributed by atoms with Crippen molar-refractivity contribution < 1.29 is 19.4 Å². The standard InChI is InChI=1S/C8H10N2O4S/c1-14-8(9)6(13)10-4(5(11)12)2-3-15-7(8)10/h2,7H,3,9H2,1H3,(H,11,12)/t7-,8+/m1/s1. The minimum atomic E-state index is -1.38. The number of thioether (sulfide) groups is 1. The highest BCUT2D eigenvalue weighted by Gasteiger charge is 2.62. The van der Waals surface area contributed by atoms with Crippen LogP contribution in [0.4, 0.5) is 0 Å². The summed E-state index contributed by atoms with van der Waals surface area (Å²) in [6.45, 7) is 0. The lowest BCUT2D eigenvalue weighted by atomic mass is 10.0. The molecule has 2 atom stereocenters. The van der Waals surface area contributed by atoms with Crippen LogP contribution >= 0.6 is 11.8 Å². The number of fused-ring (bicyclic) bond motifs is 1. The van der Waals surface area contributed by atoms with E-state index in [0.29, 0.717) is 5.75 Å². The molecular formula is C8H10N2O4S. The van der Waals surface area contributed by atoms with Crippen molar-refractivity contribution in [2.45, 2.75) is 11.1 Å². The van der Waals surface area contributed by atoms with Crippen LogP contribution in [0.15, 0.2) is 11.8 Å². The van der Waals surface area contributed by atoms with Gasteiger partial charge in [-0.05, 0) is 6.08 Å². The predicted molar refractivity (Wildman–Crippen MR) is 52.7 cm³/mol. The summed E-state index contributed by atoms with van der Waals surface area (Å²) in [4.78, 5) is 23.6. The molecule has 1 saturated heterocycles. The Labute approximate surface area is 90.0 Å². The molecule has 0 unspecified atom stereocenters. The van der Waals surface area contributed by atoms with Crippen LogP contribution in [0, 0.1) is 0 Å². The highest BCUT2D eigenvalue weighted by Crippen LogP contribution is 2.42. The highest BCUT2D eigenvalue weighted by atomic mass is 32.2. The van der Waals surface area contributed by atoms with Gasteiger partial charge >= 0.3 is 5.97 Å². The third kappa shape index (κ3) is 1.20. The predicted octanol–water partition coefficient (Wildman–Crippen LogP) is -0.829. The van der Waals surface area contributed by atoms with Crippen molar-refractivity contribution >= 4 is 23.6 Å². The van der Waals surface area contributed by atoms with Crippen molar-refractivity contribution in [2.24, 2.45) is 5.73 Å². The van der Waals surface area contributed by atoms with Gasteiger partial charge in [-0.1, -0.05) is 0 Å². The Morgan fingerprint density at radius 2 is 2.53 bits per heavy atom. The lowest BCUT2D eigenvalue weighted by molar-refractivity contribution is -0.182. The molecule has 0 aromatic carbocycles. The van der Waals surface area contributed by atoms with Crippen molar-refractivity contribution in [3.8, 4) is 0 Å². The molecule has 1 amide bonds. The molecule has 82 valence electrons. The van der Waals surface area contributed by atoms with Crippen LogP contribution in [0.25, 0.3) is 0 Å². The normalized spacial score (nSPS) is 34.3. The first-order valence-corrected chi connectivity index (χ1v) is 5.30. The van der Waals surface area contributed by atoms with E-state index in [4.69, 9.17) is 15.6 Å². The molecule has 6 nitrogen and oxygen atoms in total. The Morgan fingerprint density at radius 3 is 3.07 bits per heavy atom. The largest absolute Gasteiger partial charge is 0.477 e. The van der Waals surface area contributed by atoms with Gasteiger partial charge in [-0.3, -0.25) is 15.4 Å². The number of carbonyl (C=O) groups is 2. The van der Waals surface area contributed by atoms with Crippen molar-refractivity contribution in [1.82, 2.24) is 4.90 Å². The first-order valence-electron chi connectivity index (χ1n) is 4.25. The monoisotopic (exact) mass is 230 g/mol. The van der Waals surface area contributed by atoms with Crippen LogP contribution in [0.3, 0.4) is 0 Å². The Balaban J connectivity index is 2.31. The lowest BCUT2D eigenvalue weighted by Crippen LogP contribution is -2.78. The molecule has 0 spiro atoms. The van der Waals surface area contributed by atoms with Crippen LogP contribution in [0.5, 0.6) is 0 Å². The molecule has 2 heterocycles. The summed E-state index contributed by atoms with van der Waals surface area (Å²) in [6, 6.07) is 0. The fraction of sp³-hybridized carbons (Fsp3) is 0.500. The highest BCUT2D eigenvalue weighted by molar-refractivity contribution is 8.00. The average molecular weight is 230 g/mol. The molecule has 2 rings (SSSR count). The molecule has 3 N–H and O–H groups in total. The first-order chi connectivity index (χ1) is 7.02. The van der Waals surface area contributed by atoms with Crippen molar-refractivity contribution in [2.75, 3.05) is 12.9 Å². The minimum absolute atomic E-state index is 0.0122. The SMILES string of the molecule is CO[C@@]1(N)C(=O)N2C(C(=O)O)=CCS[C@@H]21. The van der Waals surface area contributed by atoms with Gasteiger partial charge in [-0.15, -0.1) is 11.8 Å². The zero-order chi connectivity index (χ0) is 11.2. The van der Waals surface area contributed by atoms with E-state index < -0.39 is 23.0 Å². The molecule has 0 aromatic rings. The van der Waals surface area contributed by atoms with Crippen molar-refractivity contribution in [3.05, 3.63) is 11.8 Å². The van der Waals surface area contributed by atoms with Gasteiger partial charge in [0, 0.05) is 12.9 Å².